The minimum absolute atomic E-state index is 0.825. The first-order chi connectivity index (χ1) is 9.95. The highest BCUT2D eigenvalue weighted by molar-refractivity contribution is 4.75. The molecule has 0 saturated carbocycles. The number of nitrogens with one attached hydrogen (secondary N) is 2. The lowest BCUT2D eigenvalue weighted by Gasteiger charge is -2.01. The van der Waals surface area contributed by atoms with Crippen LogP contribution in [0.3, 0.4) is 0 Å². The van der Waals surface area contributed by atoms with Crippen LogP contribution < -0.4 is 0 Å². The predicted octanol–water partition coefficient (Wildman–Crippen LogP) is 1.62. The van der Waals surface area contributed by atoms with Gasteiger partial charge in [-0.1, -0.05) is 49.0 Å². The van der Waals surface area contributed by atoms with Gasteiger partial charge in [0.1, 0.15) is 0 Å². The Hall–Kier alpha value is -1.86. The summed E-state index contributed by atoms with van der Waals surface area (Å²) in [5.74, 6) is 1.65. The van der Waals surface area contributed by atoms with Crippen molar-refractivity contribution in [3.05, 3.63) is 11.6 Å². The van der Waals surface area contributed by atoms with Gasteiger partial charge in [-0.3, -0.25) is 0 Å². The number of H-pyrrole nitrogens is 2. The Balaban J connectivity index is 1.33. The molecule has 0 bridgehead atoms. The fourth-order valence-electron chi connectivity index (χ4n) is 2.20. The molecular weight excluding hydrogens is 256 g/mol. The second kappa shape index (κ2) is 9.11. The Morgan fingerprint density at radius 3 is 1.30 bits per heavy atom. The summed E-state index contributed by atoms with van der Waals surface area (Å²) in [6.07, 6.45) is 11.9. The Bertz CT molecular complexity index is 382. The van der Waals surface area contributed by atoms with Crippen LogP contribution in [0.15, 0.2) is 0 Å². The molecule has 2 rings (SSSR count). The number of tetrazole rings is 2. The van der Waals surface area contributed by atoms with E-state index in [1.54, 1.807) is 0 Å². The molecule has 0 atom stereocenters. The summed E-state index contributed by atoms with van der Waals surface area (Å²) in [7, 11) is 0. The van der Waals surface area contributed by atoms with Crippen LogP contribution in [-0.2, 0) is 12.8 Å². The van der Waals surface area contributed by atoms with Crippen molar-refractivity contribution >= 4 is 0 Å². The summed E-state index contributed by atoms with van der Waals surface area (Å²) in [6, 6.07) is 0. The number of aromatic nitrogens is 8. The van der Waals surface area contributed by atoms with Crippen molar-refractivity contribution in [3.8, 4) is 0 Å². The van der Waals surface area contributed by atoms with E-state index in [0.717, 1.165) is 37.3 Å². The lowest BCUT2D eigenvalue weighted by atomic mass is 10.1. The molecule has 110 valence electrons. The molecule has 2 heterocycles. The van der Waals surface area contributed by atoms with Gasteiger partial charge in [0.05, 0.1) is 0 Å². The van der Waals surface area contributed by atoms with Crippen LogP contribution >= 0.6 is 0 Å². The Morgan fingerprint density at radius 1 is 0.550 bits per heavy atom. The fourth-order valence-corrected chi connectivity index (χ4v) is 2.20. The van der Waals surface area contributed by atoms with Crippen LogP contribution in [-0.4, -0.2) is 41.2 Å². The van der Waals surface area contributed by atoms with Gasteiger partial charge in [0.2, 0.25) is 0 Å². The second-order valence-electron chi connectivity index (χ2n) is 4.98. The normalized spacial score (nSPS) is 11.0. The van der Waals surface area contributed by atoms with Crippen molar-refractivity contribution in [1.29, 1.82) is 0 Å². The van der Waals surface area contributed by atoms with Gasteiger partial charge >= 0.3 is 0 Å². The van der Waals surface area contributed by atoms with Gasteiger partial charge in [-0.15, -0.1) is 20.4 Å². The first kappa shape index (κ1) is 14.5. The van der Waals surface area contributed by atoms with E-state index in [1.807, 2.05) is 0 Å². The first-order valence-electron chi connectivity index (χ1n) is 7.40. The maximum Gasteiger partial charge on any atom is 0.174 e. The SMILES string of the molecule is C(CCCCCc1nn[nH]n1)CCCCc1nn[nH]n1. The molecule has 0 aromatic carbocycles. The van der Waals surface area contributed by atoms with Crippen LogP contribution in [0.1, 0.15) is 63.0 Å². The summed E-state index contributed by atoms with van der Waals surface area (Å²) < 4.78 is 0. The van der Waals surface area contributed by atoms with Gasteiger partial charge in [-0.2, -0.15) is 10.4 Å². The molecule has 0 aliphatic carbocycles. The van der Waals surface area contributed by atoms with Gasteiger partial charge in [-0.25, -0.2) is 0 Å². The fraction of sp³-hybridized carbons (Fsp3) is 0.833. The minimum Gasteiger partial charge on any atom is -0.177 e. The number of hydrogen-bond donors (Lipinski definition) is 2. The highest BCUT2D eigenvalue weighted by atomic mass is 15.5. The number of nitrogens with zero attached hydrogens (tertiary/aromatic N) is 6. The lowest BCUT2D eigenvalue weighted by Crippen LogP contribution is -1.90. The smallest absolute Gasteiger partial charge is 0.174 e. The van der Waals surface area contributed by atoms with E-state index in [0.29, 0.717) is 0 Å². The van der Waals surface area contributed by atoms with Gasteiger partial charge in [0.25, 0.3) is 0 Å². The maximum absolute atomic E-state index is 3.94. The molecule has 0 unspecified atom stereocenters. The zero-order valence-corrected chi connectivity index (χ0v) is 11.8. The molecule has 2 aromatic heterocycles. The minimum atomic E-state index is 0.825. The van der Waals surface area contributed by atoms with E-state index >= 15 is 0 Å². The average Bonchev–Trinajstić information content (AvgIpc) is 3.14. The van der Waals surface area contributed by atoms with Crippen molar-refractivity contribution in [2.45, 2.75) is 64.2 Å². The lowest BCUT2D eigenvalue weighted by molar-refractivity contribution is 0.562. The van der Waals surface area contributed by atoms with Crippen molar-refractivity contribution < 1.29 is 0 Å². The van der Waals surface area contributed by atoms with Crippen molar-refractivity contribution in [2.75, 3.05) is 0 Å². The van der Waals surface area contributed by atoms with Gasteiger partial charge in [0, 0.05) is 12.8 Å². The van der Waals surface area contributed by atoms with Crippen LogP contribution in [0.4, 0.5) is 0 Å². The number of hydrogen-bond acceptors (Lipinski definition) is 6. The van der Waals surface area contributed by atoms with Crippen LogP contribution in [0, 0.1) is 0 Å². The first-order valence-corrected chi connectivity index (χ1v) is 7.40. The van der Waals surface area contributed by atoms with Crippen molar-refractivity contribution in [2.24, 2.45) is 0 Å². The average molecular weight is 278 g/mol. The maximum atomic E-state index is 3.94. The van der Waals surface area contributed by atoms with Crippen LogP contribution in [0.2, 0.25) is 0 Å². The standard InChI is InChI=1S/C12H22N8/c1(3-5-7-9-11-13-17-18-14-11)2-4-6-8-10-12-15-19-20-16-12/h1-10H2,(H,13,14,17,18)(H,15,16,19,20). The molecule has 8 nitrogen and oxygen atoms in total. The monoisotopic (exact) mass is 278 g/mol. The van der Waals surface area contributed by atoms with Crippen LogP contribution in [0.5, 0.6) is 0 Å². The number of rotatable bonds is 11. The van der Waals surface area contributed by atoms with Gasteiger partial charge < -0.3 is 0 Å². The predicted molar refractivity (Wildman–Crippen MR) is 72.7 cm³/mol. The van der Waals surface area contributed by atoms with E-state index in [4.69, 9.17) is 0 Å². The summed E-state index contributed by atoms with van der Waals surface area (Å²) in [5, 5.41) is 27.8. The molecule has 20 heavy (non-hydrogen) atoms. The summed E-state index contributed by atoms with van der Waals surface area (Å²) in [6.45, 7) is 0. The highest BCUT2D eigenvalue weighted by Crippen LogP contribution is 2.10. The quantitative estimate of drug-likeness (QED) is 0.604. The number of aromatic amines is 2. The van der Waals surface area contributed by atoms with Gasteiger partial charge in [-0.05, 0) is 12.8 Å². The van der Waals surface area contributed by atoms with Gasteiger partial charge in [0.15, 0.2) is 11.6 Å². The molecule has 0 aliphatic heterocycles. The third kappa shape index (κ3) is 5.85. The Kier molecular flexibility index (Phi) is 6.63. The molecule has 0 aliphatic rings. The Labute approximate surface area is 118 Å². The molecule has 0 radical (unpaired) electrons. The number of aryl methyl sites for hydroxylation is 2. The summed E-state index contributed by atoms with van der Waals surface area (Å²) in [5.41, 5.74) is 0. The molecule has 0 saturated heterocycles. The third-order valence-corrected chi connectivity index (χ3v) is 3.33. The molecule has 0 spiro atoms. The molecule has 8 heteroatoms. The second-order valence-corrected chi connectivity index (χ2v) is 4.98. The molecular formula is C12H22N8. The molecule has 0 amide bonds. The van der Waals surface area contributed by atoms with Crippen molar-refractivity contribution in [3.63, 3.8) is 0 Å². The third-order valence-electron chi connectivity index (χ3n) is 3.33. The highest BCUT2D eigenvalue weighted by Gasteiger charge is 1.99. The van der Waals surface area contributed by atoms with Crippen LogP contribution in [0.25, 0.3) is 0 Å². The summed E-state index contributed by atoms with van der Waals surface area (Å²) >= 11 is 0. The largest absolute Gasteiger partial charge is 0.177 e. The molecule has 0 fully saturated rings. The van der Waals surface area contributed by atoms with E-state index in [9.17, 15) is 0 Å². The van der Waals surface area contributed by atoms with E-state index in [1.165, 1.54) is 38.5 Å². The zero-order valence-electron chi connectivity index (χ0n) is 11.8. The topological polar surface area (TPSA) is 109 Å². The number of unbranched alkanes of at least 4 members (excludes halogenated alkanes) is 7. The van der Waals surface area contributed by atoms with Crippen molar-refractivity contribution in [1.82, 2.24) is 41.2 Å². The summed E-state index contributed by atoms with van der Waals surface area (Å²) in [4.78, 5) is 0. The van der Waals surface area contributed by atoms with E-state index < -0.39 is 0 Å². The molecule has 2 N–H and O–H groups in total. The molecule has 2 aromatic rings. The van der Waals surface area contributed by atoms with E-state index in [-0.39, 0.29) is 0 Å². The Morgan fingerprint density at radius 2 is 0.950 bits per heavy atom. The zero-order chi connectivity index (χ0) is 13.9. The van der Waals surface area contributed by atoms with E-state index in [2.05, 4.69) is 41.2 Å².